The molecule has 0 atom stereocenters. The summed E-state index contributed by atoms with van der Waals surface area (Å²) in [6.07, 6.45) is 9.24. The number of allylic oxidation sites excluding steroid dienone is 3. The quantitative estimate of drug-likeness (QED) is 0.106. The number of benzene rings is 3. The Morgan fingerprint density at radius 2 is 1.27 bits per heavy atom. The maximum Gasteiger partial charge on any atom is 0.737 e. The fourth-order valence-corrected chi connectivity index (χ4v) is 6.71. The molecule has 256 valence electrons. The summed E-state index contributed by atoms with van der Waals surface area (Å²) < 4.78 is 38.1. The Hall–Kier alpha value is -4.74. The van der Waals surface area contributed by atoms with Gasteiger partial charge in [-0.2, -0.15) is 0 Å². The summed E-state index contributed by atoms with van der Waals surface area (Å²) in [4.78, 5) is 4.03. The lowest BCUT2D eigenvalue weighted by molar-refractivity contribution is -0.362. The Morgan fingerprint density at radius 3 is 1.80 bits per heavy atom. The summed E-state index contributed by atoms with van der Waals surface area (Å²) in [6.45, 7) is 0.933. The van der Waals surface area contributed by atoms with Crippen LogP contribution in [0.2, 0.25) is 0 Å². The van der Waals surface area contributed by atoms with Crippen LogP contribution in [-0.2, 0) is 0 Å². The maximum atomic E-state index is 17.3. The topological polar surface area (TPSA) is 14.4 Å². The zero-order valence-corrected chi connectivity index (χ0v) is 32.0. The number of hydrogen-bond donors (Lipinski definition) is 0. The van der Waals surface area contributed by atoms with Gasteiger partial charge in [0.1, 0.15) is 0 Å². The Morgan fingerprint density at radius 1 is 0.745 bits per heavy atom. The molecule has 0 spiro atoms. The van der Waals surface area contributed by atoms with Gasteiger partial charge in [-0.1, -0.05) is 66.2 Å². The minimum absolute atomic E-state index is 0.447. The first-order valence-corrected chi connectivity index (χ1v) is 17.9. The highest BCUT2D eigenvalue weighted by atomic mass is 127. The molecule has 0 fully saturated rings. The molecule has 2 aliphatic heterocycles. The van der Waals surface area contributed by atoms with Crippen LogP contribution in [0, 0.1) is 34.2 Å². The third kappa shape index (κ3) is 7.95. The zero-order valence-electron chi connectivity index (χ0n) is 29.8. The van der Waals surface area contributed by atoms with E-state index in [1.54, 1.807) is 12.2 Å². The molecule has 3 aromatic carbocycles. The summed E-state index contributed by atoms with van der Waals surface area (Å²) in [5.41, 5.74) is 8.93. The SMILES string of the molecule is CC1=CC(/C=C/c2ccc(C#CCN(C)C)cc2)=[N+]2C1=C(c1ccc(I)cc1)c1c(C)cc(/C=C/c3ccc(C#CCN(C)C)cc3)n1[B-]2(F)F. The number of aromatic nitrogens is 1. The van der Waals surface area contributed by atoms with Crippen LogP contribution in [0.5, 0.6) is 0 Å². The highest BCUT2D eigenvalue weighted by Gasteiger charge is 2.55. The molecule has 2 aliphatic rings. The fraction of sp³-hybridized carbons (Fsp3) is 0.186. The van der Waals surface area contributed by atoms with Gasteiger partial charge in [0.2, 0.25) is 0 Å². The van der Waals surface area contributed by atoms with Crippen LogP contribution in [-0.4, -0.2) is 72.7 Å². The normalized spacial score (nSPS) is 14.9. The van der Waals surface area contributed by atoms with Gasteiger partial charge in [-0.25, -0.2) is 0 Å². The second kappa shape index (κ2) is 15.2. The molecule has 0 saturated carbocycles. The van der Waals surface area contributed by atoms with E-state index in [1.807, 2.05) is 149 Å². The number of fused-ring (bicyclic) bond motifs is 2. The first-order chi connectivity index (χ1) is 24.4. The molecule has 0 unspecified atom stereocenters. The predicted molar refractivity (Wildman–Crippen MR) is 218 cm³/mol. The minimum atomic E-state index is -4.27. The summed E-state index contributed by atoms with van der Waals surface area (Å²) in [5.74, 6) is 12.6. The third-order valence-corrected chi connectivity index (χ3v) is 9.43. The van der Waals surface area contributed by atoms with Gasteiger partial charge < -0.3 is 17.6 Å². The molecule has 3 heterocycles. The molecule has 51 heavy (non-hydrogen) atoms. The summed E-state index contributed by atoms with van der Waals surface area (Å²) in [7, 11) is 7.93. The van der Waals surface area contributed by atoms with Crippen molar-refractivity contribution in [2.24, 2.45) is 0 Å². The van der Waals surface area contributed by atoms with Crippen LogP contribution >= 0.6 is 22.6 Å². The van der Waals surface area contributed by atoms with Crippen LogP contribution in [0.4, 0.5) is 8.63 Å². The molecule has 6 rings (SSSR count). The van der Waals surface area contributed by atoms with Crippen molar-refractivity contribution in [1.82, 2.24) is 14.3 Å². The van der Waals surface area contributed by atoms with E-state index in [0.29, 0.717) is 35.9 Å². The van der Waals surface area contributed by atoms with Gasteiger partial charge >= 0.3 is 6.97 Å². The maximum absolute atomic E-state index is 17.3. The van der Waals surface area contributed by atoms with Crippen molar-refractivity contribution in [3.63, 3.8) is 0 Å². The molecule has 0 radical (unpaired) electrons. The van der Waals surface area contributed by atoms with Crippen LogP contribution in [0.25, 0.3) is 23.8 Å². The van der Waals surface area contributed by atoms with Crippen LogP contribution in [0.3, 0.4) is 0 Å². The number of hydrogen-bond acceptors (Lipinski definition) is 2. The van der Waals surface area contributed by atoms with Crippen LogP contribution in [0.1, 0.15) is 51.7 Å². The van der Waals surface area contributed by atoms with Crippen molar-refractivity contribution < 1.29 is 13.1 Å². The summed E-state index contributed by atoms with van der Waals surface area (Å²) in [5, 5.41) is 0. The lowest BCUT2D eigenvalue weighted by atomic mass is 9.83. The van der Waals surface area contributed by atoms with Gasteiger partial charge in [0, 0.05) is 43.8 Å². The summed E-state index contributed by atoms with van der Waals surface area (Å²) in [6, 6.07) is 25.7. The van der Waals surface area contributed by atoms with Crippen LogP contribution < -0.4 is 0 Å². The molecule has 4 nitrogen and oxygen atoms in total. The van der Waals surface area contributed by atoms with E-state index in [2.05, 4.69) is 46.3 Å². The smallest absolute Gasteiger partial charge is 0.390 e. The second-order valence-electron chi connectivity index (χ2n) is 13.4. The molecule has 0 aliphatic carbocycles. The van der Waals surface area contributed by atoms with E-state index < -0.39 is 6.97 Å². The predicted octanol–water partition coefficient (Wildman–Crippen LogP) is 8.52. The van der Waals surface area contributed by atoms with E-state index in [-0.39, 0.29) is 0 Å². The van der Waals surface area contributed by atoms with Crippen molar-refractivity contribution in [3.8, 4) is 23.7 Å². The van der Waals surface area contributed by atoms with Gasteiger partial charge in [-0.15, -0.1) is 0 Å². The highest BCUT2D eigenvalue weighted by molar-refractivity contribution is 14.1. The molecule has 4 aromatic rings. The van der Waals surface area contributed by atoms with Gasteiger partial charge in [0.05, 0.1) is 18.7 Å². The van der Waals surface area contributed by atoms with E-state index in [9.17, 15) is 0 Å². The van der Waals surface area contributed by atoms with Crippen molar-refractivity contribution in [1.29, 1.82) is 0 Å². The van der Waals surface area contributed by atoms with Crippen molar-refractivity contribution >= 4 is 59.1 Å². The molecular weight excluding hydrogens is 748 g/mol. The third-order valence-electron chi connectivity index (χ3n) is 8.71. The molecule has 8 heteroatoms. The van der Waals surface area contributed by atoms with Gasteiger partial charge in [-0.05, 0) is 141 Å². The molecule has 0 bridgehead atoms. The van der Waals surface area contributed by atoms with Crippen molar-refractivity contribution in [2.45, 2.75) is 13.8 Å². The lowest BCUT2D eigenvalue weighted by Crippen LogP contribution is -2.51. The first-order valence-electron chi connectivity index (χ1n) is 16.9. The first kappa shape index (κ1) is 36.1. The molecular formula is C43H40BF2IN4. The van der Waals surface area contributed by atoms with Crippen molar-refractivity contribution in [2.75, 3.05) is 41.3 Å². The zero-order chi connectivity index (χ0) is 36.3. The summed E-state index contributed by atoms with van der Waals surface area (Å²) >= 11 is 2.28. The molecule has 0 N–H and O–H groups in total. The lowest BCUT2D eigenvalue weighted by Gasteiger charge is -2.34. The molecule has 1 aromatic heterocycles. The van der Waals surface area contributed by atoms with E-state index in [1.165, 1.54) is 8.96 Å². The Balaban J connectivity index is 1.42. The highest BCUT2D eigenvalue weighted by Crippen LogP contribution is 2.44. The standard InChI is InChI=1S/C43H40BF2IN4/c1-31-29-39(25-19-35-15-11-33(12-16-35)9-7-27-48(3)4)50-42(31)41(37-21-23-38(47)24-22-37)43-32(2)30-40(51(43)44(50,45)46)26-20-36-17-13-34(14-18-36)10-8-28-49(5)6/h11-26,29-30H,27-28H2,1-6H3/b25-19+,26-20+. The monoisotopic (exact) mass is 788 g/mol. The van der Waals surface area contributed by atoms with Gasteiger partial charge in [0.15, 0.2) is 11.4 Å². The van der Waals surface area contributed by atoms with Gasteiger partial charge in [0.25, 0.3) is 0 Å². The molecule has 0 saturated heterocycles. The van der Waals surface area contributed by atoms with Crippen LogP contribution in [0.15, 0.2) is 102 Å². The average molecular weight is 789 g/mol. The van der Waals surface area contributed by atoms with E-state index >= 15 is 8.63 Å². The largest absolute Gasteiger partial charge is 0.737 e. The number of halogens is 3. The minimum Gasteiger partial charge on any atom is -0.390 e. The molecule has 0 amide bonds. The number of rotatable bonds is 7. The Kier molecular flexibility index (Phi) is 10.8. The van der Waals surface area contributed by atoms with E-state index in [0.717, 1.165) is 48.1 Å². The Labute approximate surface area is 314 Å². The van der Waals surface area contributed by atoms with E-state index in [4.69, 9.17) is 0 Å². The Bertz CT molecular complexity index is 2250. The van der Waals surface area contributed by atoms with Crippen molar-refractivity contribution in [3.05, 3.63) is 151 Å². The number of aryl methyl sites for hydroxylation is 1. The van der Waals surface area contributed by atoms with Gasteiger partial charge in [-0.3, -0.25) is 9.80 Å². The average Bonchev–Trinajstić information content (AvgIpc) is 3.61. The fourth-order valence-electron chi connectivity index (χ4n) is 6.35. The second-order valence-corrected chi connectivity index (χ2v) is 14.6. The number of nitrogens with zero attached hydrogens (tertiary/aromatic N) is 4.